The van der Waals surface area contributed by atoms with Crippen LogP contribution in [0.4, 0.5) is 14.5 Å². The molecule has 5 nitrogen and oxygen atoms in total. The number of phenolic OH excluding ortho intramolecular Hbond substituents is 1. The van der Waals surface area contributed by atoms with Gasteiger partial charge < -0.3 is 14.3 Å². The lowest BCUT2D eigenvalue weighted by Crippen LogP contribution is -1.94. The van der Waals surface area contributed by atoms with E-state index in [1.54, 1.807) is 31.2 Å². The highest BCUT2D eigenvalue weighted by molar-refractivity contribution is 6.33. The van der Waals surface area contributed by atoms with E-state index in [-0.39, 0.29) is 28.0 Å². The fourth-order valence-electron chi connectivity index (χ4n) is 2.90. The molecule has 0 aliphatic heterocycles. The first-order chi connectivity index (χ1) is 14.9. The molecule has 0 amide bonds. The van der Waals surface area contributed by atoms with Gasteiger partial charge in [0.1, 0.15) is 5.52 Å². The summed E-state index contributed by atoms with van der Waals surface area (Å²) in [6.07, 6.45) is 1.44. The van der Waals surface area contributed by atoms with Crippen molar-refractivity contribution >= 4 is 46.2 Å². The summed E-state index contributed by atoms with van der Waals surface area (Å²) in [5.41, 5.74) is 1.88. The Kier molecular flexibility index (Phi) is 5.80. The summed E-state index contributed by atoms with van der Waals surface area (Å²) in [5, 5.41) is 10.7. The minimum atomic E-state index is -1.06. The molecule has 3 aromatic carbocycles. The molecule has 0 bridgehead atoms. The number of phenols is 1. The van der Waals surface area contributed by atoms with E-state index in [2.05, 4.69) is 9.98 Å². The summed E-state index contributed by atoms with van der Waals surface area (Å²) in [6, 6.07) is 9.81. The average molecular weight is 463 g/mol. The minimum absolute atomic E-state index is 0.0229. The van der Waals surface area contributed by atoms with Crippen LogP contribution in [0.25, 0.3) is 22.6 Å². The van der Waals surface area contributed by atoms with Crippen molar-refractivity contribution in [3.05, 3.63) is 69.7 Å². The molecular weight excluding hydrogens is 449 g/mol. The maximum absolute atomic E-state index is 13.6. The number of aliphatic imine (C=N–C) groups is 1. The van der Waals surface area contributed by atoms with Crippen molar-refractivity contribution in [3.63, 3.8) is 0 Å². The number of aromatic nitrogens is 1. The molecule has 0 atom stereocenters. The number of benzene rings is 3. The van der Waals surface area contributed by atoms with Crippen LogP contribution < -0.4 is 4.74 Å². The van der Waals surface area contributed by atoms with E-state index < -0.39 is 11.6 Å². The quantitative estimate of drug-likeness (QED) is 0.257. The van der Waals surface area contributed by atoms with Crippen LogP contribution in [0.5, 0.6) is 11.5 Å². The number of halogens is 4. The van der Waals surface area contributed by atoms with Crippen molar-refractivity contribution in [2.24, 2.45) is 4.99 Å². The first-order valence-electron chi connectivity index (χ1n) is 9.10. The number of oxazole rings is 1. The maximum atomic E-state index is 13.6. The number of hydrogen-bond donors (Lipinski definition) is 1. The first kappa shape index (κ1) is 21.1. The normalized spacial score (nSPS) is 11.5. The third-order valence-corrected chi connectivity index (χ3v) is 4.86. The molecule has 158 valence electrons. The predicted molar refractivity (Wildman–Crippen MR) is 116 cm³/mol. The Morgan fingerprint density at radius 2 is 1.90 bits per heavy atom. The van der Waals surface area contributed by atoms with E-state index in [4.69, 9.17) is 32.4 Å². The van der Waals surface area contributed by atoms with E-state index in [9.17, 15) is 13.9 Å². The number of fused-ring (bicyclic) bond motifs is 1. The topological polar surface area (TPSA) is 67.9 Å². The largest absolute Gasteiger partial charge is 0.504 e. The SMILES string of the molecule is CCOc1cc(Cl)cc(C=Nc2ccc3oc(-c4cc(F)c(F)cc4Cl)nc3c2)c1O. The molecule has 0 radical (unpaired) electrons. The van der Waals surface area contributed by atoms with E-state index in [0.717, 1.165) is 12.1 Å². The predicted octanol–water partition coefficient (Wildman–Crippen LogP) is 6.93. The highest BCUT2D eigenvalue weighted by atomic mass is 35.5. The Balaban J connectivity index is 1.68. The van der Waals surface area contributed by atoms with Gasteiger partial charge in [-0.1, -0.05) is 23.2 Å². The highest BCUT2D eigenvalue weighted by Crippen LogP contribution is 2.34. The first-order valence-corrected chi connectivity index (χ1v) is 9.86. The standard InChI is InChI=1S/C22H14Cl2F2N2O3/c1-2-30-20-6-12(23)5-11(21(20)29)10-27-13-3-4-19-18(7-13)28-22(31-19)14-8-16(25)17(26)9-15(14)24/h3-10,29H,2H2,1H3. The molecule has 0 spiro atoms. The lowest BCUT2D eigenvalue weighted by molar-refractivity contribution is 0.318. The van der Waals surface area contributed by atoms with Crippen LogP contribution in [0, 0.1) is 11.6 Å². The molecule has 0 unspecified atom stereocenters. The molecule has 4 aromatic rings. The van der Waals surface area contributed by atoms with Gasteiger partial charge >= 0.3 is 0 Å². The molecule has 1 N–H and O–H groups in total. The van der Waals surface area contributed by atoms with Gasteiger partial charge in [0.2, 0.25) is 5.89 Å². The third kappa shape index (κ3) is 4.33. The Labute approximate surface area is 185 Å². The second-order valence-corrected chi connectivity index (χ2v) is 7.29. The van der Waals surface area contributed by atoms with E-state index in [0.29, 0.717) is 34.0 Å². The van der Waals surface area contributed by atoms with E-state index in [1.807, 2.05) is 0 Å². The smallest absolute Gasteiger partial charge is 0.228 e. The van der Waals surface area contributed by atoms with Crippen molar-refractivity contribution in [1.29, 1.82) is 0 Å². The summed E-state index contributed by atoms with van der Waals surface area (Å²) in [5.74, 6) is -1.88. The van der Waals surface area contributed by atoms with Gasteiger partial charge in [0.05, 0.1) is 22.9 Å². The maximum Gasteiger partial charge on any atom is 0.228 e. The molecular formula is C22H14Cl2F2N2O3. The van der Waals surface area contributed by atoms with Crippen molar-refractivity contribution < 1.29 is 23.0 Å². The minimum Gasteiger partial charge on any atom is -0.504 e. The highest BCUT2D eigenvalue weighted by Gasteiger charge is 2.16. The summed E-state index contributed by atoms with van der Waals surface area (Å²) in [7, 11) is 0. The summed E-state index contributed by atoms with van der Waals surface area (Å²) >= 11 is 12.1. The molecule has 4 rings (SSSR count). The molecule has 31 heavy (non-hydrogen) atoms. The summed E-state index contributed by atoms with van der Waals surface area (Å²) in [6.45, 7) is 2.17. The number of hydrogen-bond acceptors (Lipinski definition) is 5. The van der Waals surface area contributed by atoms with Gasteiger partial charge in [0, 0.05) is 22.9 Å². The molecule has 0 aliphatic carbocycles. The van der Waals surface area contributed by atoms with E-state index >= 15 is 0 Å². The molecule has 9 heteroatoms. The average Bonchev–Trinajstić information content (AvgIpc) is 3.15. The lowest BCUT2D eigenvalue weighted by Gasteiger charge is -2.08. The fourth-order valence-corrected chi connectivity index (χ4v) is 3.35. The fraction of sp³-hybridized carbons (Fsp3) is 0.0909. The van der Waals surface area contributed by atoms with Gasteiger partial charge in [-0.2, -0.15) is 0 Å². The zero-order valence-electron chi connectivity index (χ0n) is 16.0. The van der Waals surface area contributed by atoms with Crippen LogP contribution in [0.3, 0.4) is 0 Å². The molecule has 0 fully saturated rings. The van der Waals surface area contributed by atoms with Crippen molar-refractivity contribution in [2.45, 2.75) is 6.92 Å². The zero-order chi connectivity index (χ0) is 22.1. The number of aromatic hydroxyl groups is 1. The summed E-state index contributed by atoms with van der Waals surface area (Å²) in [4.78, 5) is 8.63. The molecule has 1 heterocycles. The Hall–Kier alpha value is -3.16. The third-order valence-electron chi connectivity index (χ3n) is 4.33. The monoisotopic (exact) mass is 462 g/mol. The van der Waals surface area contributed by atoms with Crippen LogP contribution in [0.1, 0.15) is 12.5 Å². The van der Waals surface area contributed by atoms with Gasteiger partial charge in [-0.3, -0.25) is 4.99 Å². The van der Waals surface area contributed by atoms with Crippen molar-refractivity contribution in [2.75, 3.05) is 6.61 Å². The molecule has 0 aliphatic rings. The second-order valence-electron chi connectivity index (χ2n) is 6.45. The van der Waals surface area contributed by atoms with E-state index in [1.165, 1.54) is 12.3 Å². The van der Waals surface area contributed by atoms with Gasteiger partial charge in [0.25, 0.3) is 0 Å². The van der Waals surface area contributed by atoms with Gasteiger partial charge in [-0.25, -0.2) is 13.8 Å². The van der Waals surface area contributed by atoms with Crippen LogP contribution in [0.15, 0.2) is 51.9 Å². The Morgan fingerprint density at radius 3 is 2.68 bits per heavy atom. The molecule has 1 aromatic heterocycles. The number of nitrogens with zero attached hydrogens (tertiary/aromatic N) is 2. The van der Waals surface area contributed by atoms with Gasteiger partial charge in [-0.15, -0.1) is 0 Å². The summed E-state index contributed by atoms with van der Waals surface area (Å²) < 4.78 is 37.9. The van der Waals surface area contributed by atoms with Crippen molar-refractivity contribution in [3.8, 4) is 23.0 Å². The van der Waals surface area contributed by atoms with Crippen LogP contribution >= 0.6 is 23.2 Å². The lowest BCUT2D eigenvalue weighted by atomic mass is 10.2. The second kappa shape index (κ2) is 8.53. The zero-order valence-corrected chi connectivity index (χ0v) is 17.5. The van der Waals surface area contributed by atoms with Crippen LogP contribution in [0.2, 0.25) is 10.0 Å². The molecule has 0 saturated heterocycles. The number of ether oxygens (including phenoxy) is 1. The Morgan fingerprint density at radius 1 is 1.13 bits per heavy atom. The number of rotatable bonds is 5. The Bertz CT molecular complexity index is 1320. The van der Waals surface area contributed by atoms with Gasteiger partial charge in [0.15, 0.2) is 28.7 Å². The van der Waals surface area contributed by atoms with Gasteiger partial charge in [-0.05, 0) is 43.3 Å². The molecule has 0 saturated carbocycles. The van der Waals surface area contributed by atoms with Crippen LogP contribution in [-0.4, -0.2) is 22.9 Å². The van der Waals surface area contributed by atoms with Crippen molar-refractivity contribution in [1.82, 2.24) is 4.98 Å². The van der Waals surface area contributed by atoms with Crippen LogP contribution in [-0.2, 0) is 0 Å².